The number of esters is 1. The maximum Gasteiger partial charge on any atom is 0.314 e. The van der Waals surface area contributed by atoms with Gasteiger partial charge in [0, 0.05) is 11.1 Å². The van der Waals surface area contributed by atoms with Gasteiger partial charge >= 0.3 is 5.97 Å². The summed E-state index contributed by atoms with van der Waals surface area (Å²) in [5.74, 6) is 0.636. The third-order valence-corrected chi connectivity index (χ3v) is 6.19. The number of para-hydroxylation sites is 1. The Morgan fingerprint density at radius 2 is 1.13 bits per heavy atom. The van der Waals surface area contributed by atoms with E-state index in [1.165, 1.54) is 5.56 Å². The highest BCUT2D eigenvalue weighted by molar-refractivity contribution is 5.87. The van der Waals surface area contributed by atoms with E-state index in [0.717, 1.165) is 35.1 Å². The second kappa shape index (κ2) is 8.61. The summed E-state index contributed by atoms with van der Waals surface area (Å²) in [6.07, 6.45) is 1.89. The van der Waals surface area contributed by atoms with Gasteiger partial charge in [0.2, 0.25) is 0 Å². The predicted molar refractivity (Wildman–Crippen MR) is 125 cm³/mol. The zero-order valence-electron chi connectivity index (χ0n) is 17.3. The molecule has 0 radical (unpaired) electrons. The molecule has 5 rings (SSSR count). The molecule has 0 saturated heterocycles. The average molecular weight is 405 g/mol. The lowest BCUT2D eigenvalue weighted by molar-refractivity contribution is -0.142. The van der Waals surface area contributed by atoms with Gasteiger partial charge in [-0.2, -0.15) is 0 Å². The molecule has 0 amide bonds. The normalized spacial score (nSPS) is 17.5. The van der Waals surface area contributed by atoms with Gasteiger partial charge in [0.25, 0.3) is 0 Å². The van der Waals surface area contributed by atoms with Crippen molar-refractivity contribution in [2.75, 3.05) is 0 Å². The molecule has 4 aromatic carbocycles. The number of ether oxygens (including phenoxy) is 1. The first-order valence-corrected chi connectivity index (χ1v) is 10.8. The molecule has 2 nitrogen and oxygen atoms in total. The molecular formula is C29H24O2. The van der Waals surface area contributed by atoms with Crippen molar-refractivity contribution in [1.29, 1.82) is 0 Å². The van der Waals surface area contributed by atoms with Gasteiger partial charge in [0.15, 0.2) is 0 Å². The van der Waals surface area contributed by atoms with Crippen LogP contribution in [0.1, 0.15) is 24.3 Å². The van der Waals surface area contributed by atoms with Crippen molar-refractivity contribution in [3.8, 4) is 28.0 Å². The maximum atomic E-state index is 13.3. The van der Waals surface area contributed by atoms with Gasteiger partial charge < -0.3 is 4.74 Å². The van der Waals surface area contributed by atoms with Crippen LogP contribution in [0.2, 0.25) is 0 Å². The Morgan fingerprint density at radius 3 is 1.61 bits per heavy atom. The molecule has 0 bridgehead atoms. The summed E-state index contributed by atoms with van der Waals surface area (Å²) >= 11 is 0. The van der Waals surface area contributed by atoms with Gasteiger partial charge in [-0.15, -0.1) is 0 Å². The van der Waals surface area contributed by atoms with E-state index in [2.05, 4.69) is 36.4 Å². The van der Waals surface area contributed by atoms with Crippen LogP contribution in [0.25, 0.3) is 22.3 Å². The highest BCUT2D eigenvalue weighted by Crippen LogP contribution is 2.45. The topological polar surface area (TPSA) is 26.3 Å². The summed E-state index contributed by atoms with van der Waals surface area (Å²) in [5, 5.41) is 0. The van der Waals surface area contributed by atoms with Gasteiger partial charge in [-0.25, -0.2) is 0 Å². The average Bonchev–Trinajstić information content (AvgIpc) is 2.80. The van der Waals surface area contributed by atoms with Crippen molar-refractivity contribution in [2.24, 2.45) is 5.92 Å². The summed E-state index contributed by atoms with van der Waals surface area (Å²) in [4.78, 5) is 13.3. The summed E-state index contributed by atoms with van der Waals surface area (Å²) in [6, 6.07) is 36.6. The number of rotatable bonds is 5. The summed E-state index contributed by atoms with van der Waals surface area (Å²) < 4.78 is 6.20. The van der Waals surface area contributed by atoms with Gasteiger partial charge in [-0.05, 0) is 35.4 Å². The summed E-state index contributed by atoms with van der Waals surface area (Å²) in [7, 11) is 0. The Balaban J connectivity index is 1.52. The minimum absolute atomic E-state index is 0.102. The Kier molecular flexibility index (Phi) is 5.37. The van der Waals surface area contributed by atoms with Crippen LogP contribution in [0.3, 0.4) is 0 Å². The summed E-state index contributed by atoms with van der Waals surface area (Å²) in [5.41, 5.74) is 5.17. The van der Waals surface area contributed by atoms with Crippen LogP contribution < -0.4 is 4.74 Å². The zero-order chi connectivity index (χ0) is 21.0. The van der Waals surface area contributed by atoms with Crippen LogP contribution in [0.15, 0.2) is 109 Å². The minimum atomic E-state index is -0.138. The number of hydrogen-bond acceptors (Lipinski definition) is 2. The minimum Gasteiger partial charge on any atom is -0.425 e. The first-order valence-electron chi connectivity index (χ1n) is 10.8. The van der Waals surface area contributed by atoms with Gasteiger partial charge in [0.1, 0.15) is 5.75 Å². The standard InChI is InChI=1S/C29H24O2/c30-29(27-20-19-24(27)21-11-4-1-5-12-21)31-28-25(22-13-6-2-7-14-22)17-10-18-26(28)23-15-8-3-9-16-23/h1-18,24,27H,19-20H2/t24-,27+/m1/s1. The Labute approximate surface area is 183 Å². The predicted octanol–water partition coefficient (Wildman–Crippen LogP) is 7.12. The maximum absolute atomic E-state index is 13.3. The van der Waals surface area contributed by atoms with Crippen molar-refractivity contribution in [2.45, 2.75) is 18.8 Å². The second-order valence-electron chi connectivity index (χ2n) is 8.04. The lowest BCUT2D eigenvalue weighted by Crippen LogP contribution is -2.34. The van der Waals surface area contributed by atoms with Crippen molar-refractivity contribution >= 4 is 5.97 Å². The van der Waals surface area contributed by atoms with E-state index in [9.17, 15) is 4.79 Å². The zero-order valence-corrected chi connectivity index (χ0v) is 17.3. The van der Waals surface area contributed by atoms with Crippen molar-refractivity contribution in [3.05, 3.63) is 115 Å². The lowest BCUT2D eigenvalue weighted by Gasteiger charge is -2.35. The van der Waals surface area contributed by atoms with Crippen LogP contribution in [-0.4, -0.2) is 5.97 Å². The van der Waals surface area contributed by atoms with Gasteiger partial charge in [-0.3, -0.25) is 4.79 Å². The molecule has 0 aliphatic heterocycles. The molecule has 0 aromatic heterocycles. The fraction of sp³-hybridized carbons (Fsp3) is 0.138. The van der Waals surface area contributed by atoms with E-state index in [4.69, 9.17) is 4.74 Å². The van der Waals surface area contributed by atoms with E-state index in [1.54, 1.807) is 0 Å². The van der Waals surface area contributed by atoms with E-state index >= 15 is 0 Å². The molecule has 2 atom stereocenters. The highest BCUT2D eigenvalue weighted by Gasteiger charge is 2.39. The molecule has 0 spiro atoms. The van der Waals surface area contributed by atoms with Gasteiger partial charge in [-0.1, -0.05) is 109 Å². The highest BCUT2D eigenvalue weighted by atomic mass is 16.5. The monoisotopic (exact) mass is 404 g/mol. The fourth-order valence-corrected chi connectivity index (χ4v) is 4.39. The molecule has 0 heterocycles. The fourth-order valence-electron chi connectivity index (χ4n) is 4.39. The molecule has 0 N–H and O–H groups in total. The molecule has 1 fully saturated rings. The van der Waals surface area contributed by atoms with Crippen LogP contribution in [0.4, 0.5) is 0 Å². The number of carbonyl (C=O) groups is 1. The van der Waals surface area contributed by atoms with Crippen LogP contribution in [-0.2, 0) is 4.79 Å². The molecule has 1 saturated carbocycles. The number of benzene rings is 4. The van der Waals surface area contributed by atoms with E-state index in [1.807, 2.05) is 72.8 Å². The summed E-state index contributed by atoms with van der Waals surface area (Å²) in [6.45, 7) is 0. The molecule has 0 unspecified atom stereocenters. The van der Waals surface area contributed by atoms with Gasteiger partial charge in [0.05, 0.1) is 5.92 Å². The smallest absolute Gasteiger partial charge is 0.314 e. The molecule has 2 heteroatoms. The molecule has 1 aliphatic carbocycles. The second-order valence-corrected chi connectivity index (χ2v) is 8.04. The molecule has 1 aliphatic rings. The van der Waals surface area contributed by atoms with E-state index in [0.29, 0.717) is 5.75 Å². The molecular weight excluding hydrogens is 380 g/mol. The molecule has 152 valence electrons. The van der Waals surface area contributed by atoms with E-state index in [-0.39, 0.29) is 17.8 Å². The first-order chi connectivity index (χ1) is 15.3. The third kappa shape index (κ3) is 3.89. The van der Waals surface area contributed by atoms with Crippen LogP contribution >= 0.6 is 0 Å². The van der Waals surface area contributed by atoms with Crippen molar-refractivity contribution < 1.29 is 9.53 Å². The largest absolute Gasteiger partial charge is 0.425 e. The third-order valence-electron chi connectivity index (χ3n) is 6.19. The van der Waals surface area contributed by atoms with Crippen molar-refractivity contribution in [3.63, 3.8) is 0 Å². The number of carbonyl (C=O) groups excluding carboxylic acids is 1. The lowest BCUT2D eigenvalue weighted by atomic mass is 9.70. The quantitative estimate of drug-likeness (QED) is 0.261. The van der Waals surface area contributed by atoms with Crippen molar-refractivity contribution in [1.82, 2.24) is 0 Å². The Hall–Kier alpha value is -3.65. The number of hydrogen-bond donors (Lipinski definition) is 0. The Bertz CT molecular complexity index is 1110. The van der Waals surface area contributed by atoms with Crippen LogP contribution in [0.5, 0.6) is 5.75 Å². The van der Waals surface area contributed by atoms with E-state index < -0.39 is 0 Å². The molecule has 4 aromatic rings. The molecule has 31 heavy (non-hydrogen) atoms. The first kappa shape index (κ1) is 19.3. The Morgan fingerprint density at radius 1 is 0.613 bits per heavy atom. The van der Waals surface area contributed by atoms with Crippen LogP contribution in [0, 0.1) is 5.92 Å². The SMILES string of the molecule is O=C(Oc1c(-c2ccccc2)cccc1-c1ccccc1)[C@H]1CC[C@@H]1c1ccccc1.